The molecule has 68 heavy (non-hydrogen) atoms. The Morgan fingerprint density at radius 1 is 0.676 bits per heavy atom. The first-order valence-corrected chi connectivity index (χ1v) is 23.7. The molecule has 0 saturated carbocycles. The van der Waals surface area contributed by atoms with Crippen LogP contribution in [0.25, 0.3) is 10.9 Å². The molecule has 0 aliphatic heterocycles. The molecule has 376 valence electrons. The maximum atomic E-state index is 14.5. The number of primary amides is 1. The normalized spacial score (nSPS) is 12.3. The van der Waals surface area contributed by atoms with E-state index < -0.39 is 35.8 Å². The number of amides is 6. The fourth-order valence-electron chi connectivity index (χ4n) is 7.84. The number of benzene rings is 1. The van der Waals surface area contributed by atoms with E-state index in [9.17, 15) is 28.8 Å². The molecule has 0 radical (unpaired) electrons. The second-order valence-corrected chi connectivity index (χ2v) is 16.6. The zero-order valence-corrected chi connectivity index (χ0v) is 39.8. The van der Waals surface area contributed by atoms with Gasteiger partial charge in [-0.2, -0.15) is 12.6 Å². The quantitative estimate of drug-likeness (QED) is 0.0137. The number of aliphatic imine (C=N–C) groups is 2. The highest BCUT2D eigenvalue weighted by Crippen LogP contribution is 2.21. The molecular formula is C44H73N17O6S. The molecule has 0 bridgehead atoms. The van der Waals surface area contributed by atoms with E-state index in [0.717, 1.165) is 16.5 Å². The number of thiol groups is 1. The first-order chi connectivity index (χ1) is 32.7. The molecule has 0 aliphatic rings. The van der Waals surface area contributed by atoms with Gasteiger partial charge in [-0.25, -0.2) is 4.98 Å². The van der Waals surface area contributed by atoms with Gasteiger partial charge in [0.2, 0.25) is 35.4 Å². The van der Waals surface area contributed by atoms with Crippen LogP contribution in [0.15, 0.2) is 53.0 Å². The van der Waals surface area contributed by atoms with E-state index in [-0.39, 0.29) is 120 Å². The summed E-state index contributed by atoms with van der Waals surface area (Å²) in [6, 6.07) is 4.66. The molecular weight excluding hydrogens is 895 g/mol. The Bertz CT molecular complexity index is 2090. The van der Waals surface area contributed by atoms with Crippen LogP contribution in [0.2, 0.25) is 0 Å². The Morgan fingerprint density at radius 2 is 1.28 bits per heavy atom. The lowest BCUT2D eigenvalue weighted by Gasteiger charge is -2.33. The third-order valence-corrected chi connectivity index (χ3v) is 11.5. The Hall–Kier alpha value is -6.40. The maximum absolute atomic E-state index is 14.5. The van der Waals surface area contributed by atoms with E-state index in [4.69, 9.17) is 40.1 Å². The predicted molar refractivity (Wildman–Crippen MR) is 265 cm³/mol. The number of H-pyrrole nitrogens is 2. The topological polar surface area (TPSA) is 388 Å². The molecule has 3 unspecified atom stereocenters. The number of imidazole rings is 1. The summed E-state index contributed by atoms with van der Waals surface area (Å²) in [5, 5.41) is 6.76. The fourth-order valence-corrected chi connectivity index (χ4v) is 8.03. The monoisotopic (exact) mass is 968 g/mol. The first kappa shape index (κ1) is 55.9. The van der Waals surface area contributed by atoms with Gasteiger partial charge in [-0.05, 0) is 75.3 Å². The lowest BCUT2D eigenvalue weighted by molar-refractivity contribution is -0.142. The fraction of sp³-hybridized carbons (Fsp3) is 0.568. The molecule has 1 aromatic carbocycles. The van der Waals surface area contributed by atoms with Crippen molar-refractivity contribution in [2.75, 3.05) is 64.7 Å². The van der Waals surface area contributed by atoms with E-state index in [2.05, 4.69) is 48.2 Å². The molecule has 2 heterocycles. The molecule has 0 saturated heterocycles. The van der Waals surface area contributed by atoms with Crippen LogP contribution in [0.5, 0.6) is 0 Å². The number of guanidine groups is 2. The molecule has 3 atom stereocenters. The average molecular weight is 968 g/mol. The van der Waals surface area contributed by atoms with Crippen LogP contribution in [0, 0.1) is 0 Å². The van der Waals surface area contributed by atoms with Gasteiger partial charge < -0.3 is 75.4 Å². The summed E-state index contributed by atoms with van der Waals surface area (Å²) >= 11 is 4.21. The third kappa shape index (κ3) is 19.1. The number of rotatable bonds is 34. The van der Waals surface area contributed by atoms with Crippen LogP contribution in [0.1, 0.15) is 75.5 Å². The zero-order valence-electron chi connectivity index (χ0n) is 39.0. The number of aromatic nitrogens is 3. The van der Waals surface area contributed by atoms with Crippen LogP contribution < -0.4 is 50.8 Å². The first-order valence-electron chi connectivity index (χ1n) is 23.1. The van der Waals surface area contributed by atoms with Gasteiger partial charge in [0.05, 0.1) is 6.33 Å². The van der Waals surface area contributed by atoms with Gasteiger partial charge >= 0.3 is 0 Å². The van der Waals surface area contributed by atoms with Crippen molar-refractivity contribution in [1.29, 1.82) is 0 Å². The minimum Gasteiger partial charge on any atom is -0.370 e. The highest BCUT2D eigenvalue weighted by Gasteiger charge is 2.33. The van der Waals surface area contributed by atoms with E-state index in [1.807, 2.05) is 30.5 Å². The lowest BCUT2D eigenvalue weighted by atomic mass is 10.0. The molecule has 2 aromatic heterocycles. The second-order valence-electron chi connectivity index (χ2n) is 16.2. The molecule has 23 nitrogen and oxygen atoms in total. The number of nitrogens with one attached hydrogen (secondary N) is 4. The van der Waals surface area contributed by atoms with Gasteiger partial charge in [-0.1, -0.05) is 18.2 Å². The minimum atomic E-state index is -1.14. The van der Waals surface area contributed by atoms with Crippen molar-refractivity contribution < 1.29 is 28.8 Å². The summed E-state index contributed by atoms with van der Waals surface area (Å²) in [7, 11) is 0. The number of unbranched alkanes of at least 4 members (excludes halogenated alkanes) is 2. The SMILES string of the molecule is NCCCCC(C(N)=O)N(CCNC(=O)C(Cc1cnc[nH]1)N(CCNC(=O)C(CCCN=C(N)N)N(CCN)C(=O)CCS)C(=O)CCc1c[nH]c2ccccc12)C(=O)CCCCN=C(N)N. The van der Waals surface area contributed by atoms with Crippen molar-refractivity contribution in [1.82, 2.24) is 40.3 Å². The Morgan fingerprint density at radius 3 is 1.90 bits per heavy atom. The summed E-state index contributed by atoms with van der Waals surface area (Å²) < 4.78 is 0. The minimum absolute atomic E-state index is 0.00697. The third-order valence-electron chi connectivity index (χ3n) is 11.2. The summed E-state index contributed by atoms with van der Waals surface area (Å²) in [4.78, 5) is 105. The molecule has 0 spiro atoms. The Labute approximate surface area is 403 Å². The van der Waals surface area contributed by atoms with Crippen LogP contribution in [0.3, 0.4) is 0 Å². The summed E-state index contributed by atoms with van der Waals surface area (Å²) in [6.07, 6.45) is 8.31. The molecule has 0 aliphatic carbocycles. The Balaban J connectivity index is 1.94. The van der Waals surface area contributed by atoms with Gasteiger partial charge in [-0.3, -0.25) is 38.8 Å². The molecule has 24 heteroatoms. The lowest BCUT2D eigenvalue weighted by Crippen LogP contribution is -2.56. The summed E-state index contributed by atoms with van der Waals surface area (Å²) in [5.41, 5.74) is 41.7. The highest BCUT2D eigenvalue weighted by molar-refractivity contribution is 7.80. The van der Waals surface area contributed by atoms with E-state index in [1.165, 1.54) is 21.0 Å². The molecule has 6 amide bonds. The number of fused-ring (bicyclic) bond motifs is 1. The van der Waals surface area contributed by atoms with Crippen molar-refractivity contribution in [2.24, 2.45) is 50.1 Å². The van der Waals surface area contributed by atoms with Crippen molar-refractivity contribution >= 4 is 70.9 Å². The Kier molecular flexibility index (Phi) is 25.3. The van der Waals surface area contributed by atoms with Gasteiger partial charge in [0.1, 0.15) is 18.1 Å². The number of aromatic amines is 2. The predicted octanol–water partition coefficient (Wildman–Crippen LogP) is -1.72. The van der Waals surface area contributed by atoms with Crippen molar-refractivity contribution in [3.63, 3.8) is 0 Å². The van der Waals surface area contributed by atoms with Gasteiger partial charge in [0, 0.05) is 107 Å². The number of hydrogen-bond donors (Lipinski definition) is 12. The number of carbonyl (C=O) groups is 6. The smallest absolute Gasteiger partial charge is 0.243 e. The molecule has 0 fully saturated rings. The zero-order chi connectivity index (χ0) is 49.8. The average Bonchev–Trinajstić information content (AvgIpc) is 3.99. The standard InChI is InChI=1S/C44H73N17O6S/c45-16-5-3-10-34(40(47)65)60(37(62)12-4-6-18-55-43(48)49)23-20-54-42(67)36(26-31-28-52-29-58-31)61(38(63)14-13-30-27-57-33-9-2-1-8-32(30)33)24-21-53-41(66)35(11-7-19-56-44(50)51)59(22-17-46)39(64)15-25-68/h1-2,8-9,27-29,34-36,57,68H,3-7,10-26,45-46H2,(H2,47,65)(H,52,58)(H,53,66)(H,54,67)(H4,48,49,55)(H4,50,51,56). The number of hydrogen-bond acceptors (Lipinski definition) is 12. The molecule has 18 N–H and O–H groups in total. The van der Waals surface area contributed by atoms with Crippen molar-refractivity contribution in [3.05, 3.63) is 54.2 Å². The van der Waals surface area contributed by atoms with Gasteiger partial charge in [0.25, 0.3) is 0 Å². The summed E-state index contributed by atoms with van der Waals surface area (Å²) in [6.45, 7) is 0.779. The molecule has 3 rings (SSSR count). The number of nitrogens with zero attached hydrogens (tertiary/aromatic N) is 6. The van der Waals surface area contributed by atoms with Crippen LogP contribution >= 0.6 is 12.6 Å². The summed E-state index contributed by atoms with van der Waals surface area (Å²) in [5.74, 6) is -2.67. The number of nitrogens with two attached hydrogens (primary N) is 7. The van der Waals surface area contributed by atoms with Gasteiger partial charge in [0.15, 0.2) is 11.9 Å². The van der Waals surface area contributed by atoms with Crippen molar-refractivity contribution in [3.8, 4) is 0 Å². The number of para-hydroxylation sites is 1. The maximum Gasteiger partial charge on any atom is 0.243 e. The van der Waals surface area contributed by atoms with Crippen LogP contribution in [0.4, 0.5) is 0 Å². The van der Waals surface area contributed by atoms with Crippen LogP contribution in [-0.2, 0) is 41.6 Å². The van der Waals surface area contributed by atoms with Crippen molar-refractivity contribution in [2.45, 2.75) is 95.2 Å². The second kappa shape index (κ2) is 30.8. The van der Waals surface area contributed by atoms with E-state index in [0.29, 0.717) is 57.3 Å². The van der Waals surface area contributed by atoms with E-state index in [1.54, 1.807) is 6.20 Å². The van der Waals surface area contributed by atoms with Crippen LogP contribution in [-0.4, -0.2) is 160 Å². The van der Waals surface area contributed by atoms with E-state index >= 15 is 0 Å². The number of carbonyl (C=O) groups excluding carboxylic acids is 6. The largest absolute Gasteiger partial charge is 0.370 e. The highest BCUT2D eigenvalue weighted by atomic mass is 32.1. The number of aryl methyl sites for hydroxylation is 1. The van der Waals surface area contributed by atoms with Gasteiger partial charge in [-0.15, -0.1) is 0 Å². The molecule has 3 aromatic rings.